The van der Waals surface area contributed by atoms with Crippen molar-refractivity contribution in [3.8, 4) is 11.5 Å². The zero-order valence-corrected chi connectivity index (χ0v) is 26.5. The minimum absolute atomic E-state index is 0.00606. The topological polar surface area (TPSA) is 125 Å². The summed E-state index contributed by atoms with van der Waals surface area (Å²) in [6.07, 6.45) is 10.8. The van der Waals surface area contributed by atoms with Gasteiger partial charge in [0.1, 0.15) is 18.5 Å². The second-order valence-corrected chi connectivity index (χ2v) is 13.6. The molecule has 0 spiro atoms. The van der Waals surface area contributed by atoms with Gasteiger partial charge in [0.05, 0.1) is 23.3 Å². The first-order valence-electron chi connectivity index (χ1n) is 15.4. The molecule has 4 aliphatic carbocycles. The first-order valence-corrected chi connectivity index (χ1v) is 16.5. The van der Waals surface area contributed by atoms with Gasteiger partial charge in [0.25, 0.3) is 0 Å². The third-order valence-electron chi connectivity index (χ3n) is 9.79. The lowest BCUT2D eigenvalue weighted by Crippen LogP contribution is -2.58. The number of rotatable bonds is 11. The van der Waals surface area contributed by atoms with E-state index >= 15 is 0 Å². The molecule has 0 radical (unpaired) electrons. The predicted octanol–water partition coefficient (Wildman–Crippen LogP) is 4.02. The fourth-order valence-corrected chi connectivity index (χ4v) is 8.53. The number of halogens is 1. The van der Waals surface area contributed by atoms with Gasteiger partial charge in [0.2, 0.25) is 11.8 Å². The lowest BCUT2D eigenvalue weighted by atomic mass is 9.83. The van der Waals surface area contributed by atoms with E-state index in [9.17, 15) is 24.6 Å². The molecule has 1 aromatic carbocycles. The number of nitrogens with one attached hydrogen (secondary N) is 1. The maximum atomic E-state index is 14.2. The molecular formula is C32H43IN2O7. The lowest BCUT2D eigenvalue weighted by molar-refractivity contribution is -0.144. The largest absolute Gasteiger partial charge is 0.493 e. The van der Waals surface area contributed by atoms with Crippen LogP contribution >= 0.6 is 22.6 Å². The Balaban J connectivity index is 1.47. The quantitative estimate of drug-likeness (QED) is 0.236. The van der Waals surface area contributed by atoms with E-state index in [0.29, 0.717) is 44.5 Å². The number of methoxy groups -OCH3 is 1. The Hall–Kier alpha value is -2.18. The Labute approximate surface area is 261 Å². The molecule has 230 valence electrons. The first-order chi connectivity index (χ1) is 20.3. The number of hydrogen-bond donors (Lipinski definition) is 3. The van der Waals surface area contributed by atoms with E-state index in [2.05, 4.69) is 27.9 Å². The van der Waals surface area contributed by atoms with Crippen LogP contribution in [0.5, 0.6) is 11.5 Å². The predicted molar refractivity (Wildman–Crippen MR) is 165 cm³/mol. The molecule has 6 atom stereocenters. The number of aliphatic hydroxyl groups is 2. The number of aldehydes is 1. The molecule has 0 heterocycles. The molecule has 0 saturated heterocycles. The molecular weight excluding hydrogens is 651 g/mol. The van der Waals surface area contributed by atoms with Crippen molar-refractivity contribution in [2.75, 3.05) is 20.3 Å². The smallest absolute Gasteiger partial charge is 0.247 e. The standard InChI is InChI=1S/C32H43IN2O7/c1-41-28-14-20(18-37)13-25(33)31(28)42-27-16-23(32(40)34-9-10-36)15-26(30(27)39)35(24-5-3-2-4-6-24)29(38)17-22-12-19-7-8-21(22)11-19/h13-14,16,18-19,21-22,24,26-27,30,36,39H,2-12,15,17H2,1H3,(H,34,40). The average molecular weight is 695 g/mol. The Bertz CT molecular complexity index is 1180. The van der Waals surface area contributed by atoms with E-state index in [-0.39, 0.29) is 37.4 Å². The first kappa shape index (κ1) is 31.3. The zero-order valence-electron chi connectivity index (χ0n) is 24.3. The van der Waals surface area contributed by atoms with Crippen molar-refractivity contribution in [2.24, 2.45) is 17.8 Å². The molecule has 42 heavy (non-hydrogen) atoms. The van der Waals surface area contributed by atoms with Gasteiger partial charge in [-0.2, -0.15) is 0 Å². The number of amides is 2. The summed E-state index contributed by atoms with van der Waals surface area (Å²) in [6.45, 7) is -0.0942. The number of aliphatic hydroxyl groups excluding tert-OH is 2. The second kappa shape index (κ2) is 14.1. The fraction of sp³-hybridized carbons (Fsp3) is 0.656. The minimum atomic E-state index is -1.09. The van der Waals surface area contributed by atoms with Gasteiger partial charge in [-0.25, -0.2) is 0 Å². The monoisotopic (exact) mass is 694 g/mol. The molecule has 3 saturated carbocycles. The van der Waals surface area contributed by atoms with Gasteiger partial charge in [0.15, 0.2) is 11.5 Å². The van der Waals surface area contributed by atoms with Crippen LogP contribution in [0.2, 0.25) is 0 Å². The van der Waals surface area contributed by atoms with Gasteiger partial charge in [-0.3, -0.25) is 14.4 Å². The van der Waals surface area contributed by atoms with Crippen molar-refractivity contribution in [1.29, 1.82) is 0 Å². The highest BCUT2D eigenvalue weighted by Crippen LogP contribution is 2.50. The molecule has 0 aliphatic heterocycles. The van der Waals surface area contributed by atoms with Gasteiger partial charge in [-0.05, 0) is 90.7 Å². The van der Waals surface area contributed by atoms with Crippen LogP contribution in [0.3, 0.4) is 0 Å². The SMILES string of the molecule is COc1cc(C=O)cc(I)c1OC1C=C(C(=O)NCCO)CC(N(C(=O)CC2CC3CCC2C3)C2CCCCC2)C1O. The normalized spacial score (nSPS) is 29.1. The Kier molecular flexibility index (Phi) is 10.5. The summed E-state index contributed by atoms with van der Waals surface area (Å²) in [4.78, 5) is 40.8. The Morgan fingerprint density at radius 1 is 1.14 bits per heavy atom. The molecule has 0 aromatic heterocycles. The molecule has 5 rings (SSSR count). The van der Waals surface area contributed by atoms with E-state index in [0.717, 1.165) is 50.7 Å². The lowest BCUT2D eigenvalue weighted by Gasteiger charge is -2.45. The van der Waals surface area contributed by atoms with Crippen LogP contribution in [0.1, 0.15) is 81.0 Å². The maximum Gasteiger partial charge on any atom is 0.247 e. The summed E-state index contributed by atoms with van der Waals surface area (Å²) in [7, 11) is 1.48. The second-order valence-electron chi connectivity index (χ2n) is 12.4. The van der Waals surface area contributed by atoms with Crippen molar-refractivity contribution in [1.82, 2.24) is 10.2 Å². The number of nitrogens with zero attached hydrogens (tertiary/aromatic N) is 1. The third kappa shape index (κ3) is 6.80. The molecule has 9 nitrogen and oxygen atoms in total. The molecule has 1 aromatic rings. The van der Waals surface area contributed by atoms with Gasteiger partial charge in [-0.1, -0.05) is 25.7 Å². The van der Waals surface area contributed by atoms with Crippen molar-refractivity contribution in [3.63, 3.8) is 0 Å². The number of carbonyl (C=O) groups is 3. The minimum Gasteiger partial charge on any atom is -0.493 e. The van der Waals surface area contributed by atoms with Crippen LogP contribution in [-0.2, 0) is 9.59 Å². The number of hydrogen-bond acceptors (Lipinski definition) is 7. The summed E-state index contributed by atoms with van der Waals surface area (Å²) >= 11 is 2.06. The highest BCUT2D eigenvalue weighted by atomic mass is 127. The summed E-state index contributed by atoms with van der Waals surface area (Å²) in [5.41, 5.74) is 0.843. The van der Waals surface area contributed by atoms with Gasteiger partial charge < -0.3 is 29.9 Å². The van der Waals surface area contributed by atoms with E-state index in [4.69, 9.17) is 9.47 Å². The Morgan fingerprint density at radius 2 is 1.93 bits per heavy atom. The van der Waals surface area contributed by atoms with E-state index in [1.807, 2.05) is 4.90 Å². The van der Waals surface area contributed by atoms with Crippen LogP contribution in [-0.4, -0.2) is 77.8 Å². The van der Waals surface area contributed by atoms with Crippen LogP contribution in [0.4, 0.5) is 0 Å². The molecule has 10 heteroatoms. The van der Waals surface area contributed by atoms with Crippen LogP contribution < -0.4 is 14.8 Å². The van der Waals surface area contributed by atoms with Gasteiger partial charge in [-0.15, -0.1) is 0 Å². The Morgan fingerprint density at radius 3 is 2.57 bits per heavy atom. The zero-order chi connectivity index (χ0) is 29.8. The summed E-state index contributed by atoms with van der Waals surface area (Å²) in [5.74, 6) is 2.16. The summed E-state index contributed by atoms with van der Waals surface area (Å²) in [5, 5.41) is 23.9. The van der Waals surface area contributed by atoms with Crippen LogP contribution in [0.25, 0.3) is 0 Å². The molecule has 3 fully saturated rings. The number of ether oxygens (including phenoxy) is 2. The summed E-state index contributed by atoms with van der Waals surface area (Å²) < 4.78 is 12.5. The molecule has 6 unspecified atom stereocenters. The van der Waals surface area contributed by atoms with Crippen molar-refractivity contribution >= 4 is 40.7 Å². The van der Waals surface area contributed by atoms with E-state index < -0.39 is 18.2 Å². The maximum absolute atomic E-state index is 14.2. The fourth-order valence-electron chi connectivity index (χ4n) is 7.78. The van der Waals surface area contributed by atoms with E-state index in [1.54, 1.807) is 18.2 Å². The number of fused-ring (bicyclic) bond motifs is 2. The summed E-state index contributed by atoms with van der Waals surface area (Å²) in [6, 6.07) is 2.61. The van der Waals surface area contributed by atoms with Crippen LogP contribution in [0, 0.1) is 21.3 Å². The van der Waals surface area contributed by atoms with Crippen LogP contribution in [0.15, 0.2) is 23.8 Å². The highest BCUT2D eigenvalue weighted by Gasteiger charge is 2.46. The number of benzene rings is 1. The third-order valence-corrected chi connectivity index (χ3v) is 10.6. The molecule has 2 bridgehead atoms. The molecule has 2 amide bonds. The van der Waals surface area contributed by atoms with Crippen molar-refractivity contribution in [2.45, 2.75) is 94.9 Å². The van der Waals surface area contributed by atoms with Gasteiger partial charge >= 0.3 is 0 Å². The number of carbonyl (C=O) groups excluding carboxylic acids is 3. The van der Waals surface area contributed by atoms with Crippen molar-refractivity contribution < 1.29 is 34.1 Å². The molecule has 3 N–H and O–H groups in total. The van der Waals surface area contributed by atoms with E-state index in [1.165, 1.54) is 26.4 Å². The average Bonchev–Trinajstić information content (AvgIpc) is 3.62. The highest BCUT2D eigenvalue weighted by molar-refractivity contribution is 14.1. The molecule has 4 aliphatic rings. The van der Waals surface area contributed by atoms with Gasteiger partial charge in [0, 0.05) is 36.6 Å². The van der Waals surface area contributed by atoms with Crippen molar-refractivity contribution in [3.05, 3.63) is 32.9 Å².